The van der Waals surface area contributed by atoms with Crippen LogP contribution in [-0.2, 0) is 0 Å². The fraction of sp³-hybridized carbons (Fsp3) is 0. The summed E-state index contributed by atoms with van der Waals surface area (Å²) in [5, 5.41) is 0.998. The van der Waals surface area contributed by atoms with Crippen molar-refractivity contribution >= 4 is 11.0 Å². The number of nitrogens with zero attached hydrogens (tertiary/aromatic N) is 1. The summed E-state index contributed by atoms with van der Waals surface area (Å²) in [5.41, 5.74) is 0.769. The van der Waals surface area contributed by atoms with Crippen LogP contribution in [0.3, 0.4) is 0 Å². The predicted octanol–water partition coefficient (Wildman–Crippen LogP) is 1.63. The Hall–Kier alpha value is -1.31. The normalized spacial score (nSPS) is 10.2. The number of pyridine rings is 1. The summed E-state index contributed by atoms with van der Waals surface area (Å²) >= 11 is 0. The van der Waals surface area contributed by atoms with Crippen LogP contribution in [-0.4, -0.2) is 4.98 Å². The lowest BCUT2D eigenvalue weighted by atomic mass is 10.3. The van der Waals surface area contributed by atoms with Crippen molar-refractivity contribution in [3.8, 4) is 0 Å². The molecule has 43 valence electrons. The highest BCUT2D eigenvalue weighted by molar-refractivity contribution is 5.74. The highest BCUT2D eigenvalue weighted by Crippen LogP contribution is 2.10. The van der Waals surface area contributed by atoms with Gasteiger partial charge in [-0.2, -0.15) is 0 Å². The zero-order valence-corrected chi connectivity index (χ0v) is 4.66. The van der Waals surface area contributed by atoms with Crippen molar-refractivity contribution in [3.63, 3.8) is 0 Å². The van der Waals surface area contributed by atoms with Crippen LogP contribution in [0.2, 0.25) is 0 Å². The molecule has 0 aliphatic rings. The Balaban J connectivity index is 2.95. The van der Waals surface area contributed by atoms with E-state index in [9.17, 15) is 0 Å². The van der Waals surface area contributed by atoms with Gasteiger partial charge in [0, 0.05) is 23.8 Å². The molecule has 0 spiro atoms. The van der Waals surface area contributed by atoms with E-state index in [-0.39, 0.29) is 0 Å². The summed E-state index contributed by atoms with van der Waals surface area (Å²) in [4.78, 5) is 3.87. The minimum atomic E-state index is 0.769. The summed E-state index contributed by atoms with van der Waals surface area (Å²) in [6.45, 7) is 0. The maximum atomic E-state index is 5.02. The Bertz CT molecular complexity index is 283. The van der Waals surface area contributed by atoms with Gasteiger partial charge in [0.2, 0.25) is 0 Å². The van der Waals surface area contributed by atoms with E-state index in [1.807, 2.05) is 6.07 Å². The number of aromatic nitrogens is 1. The Morgan fingerprint density at radius 3 is 3.44 bits per heavy atom. The second-order valence-electron chi connectivity index (χ2n) is 1.76. The number of furan rings is 1. The first-order valence-corrected chi connectivity index (χ1v) is 2.66. The average Bonchev–Trinajstić information content (AvgIpc) is 2.33. The van der Waals surface area contributed by atoms with E-state index >= 15 is 0 Å². The van der Waals surface area contributed by atoms with Crippen molar-refractivity contribution in [2.45, 2.75) is 0 Å². The van der Waals surface area contributed by atoms with E-state index in [0.717, 1.165) is 11.0 Å². The lowest BCUT2D eigenvalue weighted by Gasteiger charge is -1.80. The SMILES string of the molecule is [c]1cncc2ccoc12. The summed E-state index contributed by atoms with van der Waals surface area (Å²) in [5.74, 6) is 0. The third-order valence-corrected chi connectivity index (χ3v) is 1.18. The molecule has 2 aromatic heterocycles. The van der Waals surface area contributed by atoms with Crippen molar-refractivity contribution in [2.24, 2.45) is 0 Å². The first kappa shape index (κ1) is 4.56. The second-order valence-corrected chi connectivity index (χ2v) is 1.76. The molecule has 0 atom stereocenters. The van der Waals surface area contributed by atoms with Gasteiger partial charge in [-0.1, -0.05) is 0 Å². The van der Waals surface area contributed by atoms with Crippen molar-refractivity contribution in [3.05, 3.63) is 30.8 Å². The molecule has 2 heterocycles. The van der Waals surface area contributed by atoms with Crippen LogP contribution < -0.4 is 0 Å². The lowest BCUT2D eigenvalue weighted by molar-refractivity contribution is 0.615. The van der Waals surface area contributed by atoms with Gasteiger partial charge in [-0.3, -0.25) is 4.98 Å². The zero-order chi connectivity index (χ0) is 6.10. The zero-order valence-electron chi connectivity index (χ0n) is 4.66. The van der Waals surface area contributed by atoms with Crippen molar-refractivity contribution < 1.29 is 4.42 Å². The molecule has 2 heteroatoms. The fourth-order valence-electron chi connectivity index (χ4n) is 0.752. The molecule has 0 N–H and O–H groups in total. The van der Waals surface area contributed by atoms with Crippen LogP contribution in [0.25, 0.3) is 11.0 Å². The van der Waals surface area contributed by atoms with Gasteiger partial charge in [-0.25, -0.2) is 0 Å². The van der Waals surface area contributed by atoms with Crippen LogP contribution >= 0.6 is 0 Å². The Kier molecular flexibility index (Phi) is 0.803. The number of hydrogen-bond acceptors (Lipinski definition) is 2. The first-order valence-electron chi connectivity index (χ1n) is 2.66. The van der Waals surface area contributed by atoms with Gasteiger partial charge in [0.05, 0.1) is 6.26 Å². The van der Waals surface area contributed by atoms with E-state index in [4.69, 9.17) is 4.42 Å². The molecule has 0 fully saturated rings. The summed E-state index contributed by atoms with van der Waals surface area (Å²) in [6.07, 6.45) is 4.96. The molecule has 2 rings (SSSR count). The smallest absolute Gasteiger partial charge is 0.144 e. The Morgan fingerprint density at radius 1 is 1.56 bits per heavy atom. The highest BCUT2D eigenvalue weighted by Gasteiger charge is 1.91. The Labute approximate surface area is 52.1 Å². The second kappa shape index (κ2) is 1.58. The molecule has 0 aliphatic heterocycles. The van der Waals surface area contributed by atoms with E-state index in [2.05, 4.69) is 11.1 Å². The molecule has 0 saturated carbocycles. The molecule has 2 nitrogen and oxygen atoms in total. The van der Waals surface area contributed by atoms with E-state index in [0.29, 0.717) is 0 Å². The number of rotatable bonds is 0. The highest BCUT2D eigenvalue weighted by atomic mass is 16.3. The van der Waals surface area contributed by atoms with Gasteiger partial charge in [0.25, 0.3) is 0 Å². The van der Waals surface area contributed by atoms with E-state index in [1.165, 1.54) is 0 Å². The molecule has 1 radical (unpaired) electrons. The molecule has 0 unspecified atom stereocenters. The lowest BCUT2D eigenvalue weighted by Crippen LogP contribution is -1.66. The summed E-state index contributed by atoms with van der Waals surface area (Å²) in [7, 11) is 0. The first-order chi connectivity index (χ1) is 4.47. The number of fused-ring (bicyclic) bond motifs is 1. The Morgan fingerprint density at radius 2 is 2.56 bits per heavy atom. The van der Waals surface area contributed by atoms with Gasteiger partial charge in [0.1, 0.15) is 5.58 Å². The molecular formula is C7H4NO. The van der Waals surface area contributed by atoms with Gasteiger partial charge >= 0.3 is 0 Å². The topological polar surface area (TPSA) is 26.0 Å². The molecule has 0 aromatic carbocycles. The monoisotopic (exact) mass is 118 g/mol. The molecule has 0 aliphatic carbocycles. The van der Waals surface area contributed by atoms with Crippen molar-refractivity contribution in [1.29, 1.82) is 0 Å². The van der Waals surface area contributed by atoms with Gasteiger partial charge in [0.15, 0.2) is 0 Å². The maximum Gasteiger partial charge on any atom is 0.144 e. The average molecular weight is 118 g/mol. The number of hydrogen-bond donors (Lipinski definition) is 0. The van der Waals surface area contributed by atoms with Crippen molar-refractivity contribution in [2.75, 3.05) is 0 Å². The third-order valence-electron chi connectivity index (χ3n) is 1.18. The molecule has 0 amide bonds. The van der Waals surface area contributed by atoms with Crippen LogP contribution in [0, 0.1) is 6.07 Å². The standard InChI is InChI=1S/C7H4NO/c1-3-8-5-6-2-4-9-7(1)6/h2-5H. The fourth-order valence-corrected chi connectivity index (χ4v) is 0.752. The molecule has 9 heavy (non-hydrogen) atoms. The largest absolute Gasteiger partial charge is 0.464 e. The summed E-state index contributed by atoms with van der Waals surface area (Å²) < 4.78 is 5.02. The van der Waals surface area contributed by atoms with Gasteiger partial charge < -0.3 is 4.42 Å². The molecule has 0 bridgehead atoms. The van der Waals surface area contributed by atoms with Crippen LogP contribution in [0.4, 0.5) is 0 Å². The molecule has 0 saturated heterocycles. The third kappa shape index (κ3) is 0.598. The van der Waals surface area contributed by atoms with E-state index < -0.39 is 0 Å². The summed E-state index contributed by atoms with van der Waals surface area (Å²) in [6, 6.07) is 4.71. The predicted molar refractivity (Wildman–Crippen MR) is 32.8 cm³/mol. The van der Waals surface area contributed by atoms with Gasteiger partial charge in [-0.15, -0.1) is 0 Å². The van der Waals surface area contributed by atoms with E-state index in [1.54, 1.807) is 18.7 Å². The quantitative estimate of drug-likeness (QED) is 0.525. The van der Waals surface area contributed by atoms with Crippen LogP contribution in [0.5, 0.6) is 0 Å². The van der Waals surface area contributed by atoms with Crippen LogP contribution in [0.1, 0.15) is 0 Å². The minimum absolute atomic E-state index is 0.769. The molecule has 2 aromatic rings. The van der Waals surface area contributed by atoms with Gasteiger partial charge in [-0.05, 0) is 6.07 Å². The maximum absolute atomic E-state index is 5.02. The molecular weight excluding hydrogens is 114 g/mol. The van der Waals surface area contributed by atoms with Crippen LogP contribution in [0.15, 0.2) is 29.1 Å². The van der Waals surface area contributed by atoms with Crippen molar-refractivity contribution in [1.82, 2.24) is 4.98 Å². The minimum Gasteiger partial charge on any atom is -0.464 e.